The van der Waals surface area contributed by atoms with Crippen LogP contribution in [-0.2, 0) is 9.59 Å². The second-order valence-corrected chi connectivity index (χ2v) is 4.57. The van der Waals surface area contributed by atoms with Gasteiger partial charge in [-0.05, 0) is 11.0 Å². The Balaban J connectivity index is 2.86. The summed E-state index contributed by atoms with van der Waals surface area (Å²) >= 11 is 0. The predicted octanol–water partition coefficient (Wildman–Crippen LogP) is -1.73. The minimum Gasteiger partial charge on any atom is -0.480 e. The summed E-state index contributed by atoms with van der Waals surface area (Å²) in [5.41, 5.74) is 5.17. The maximum atomic E-state index is 12.1. The molecule has 1 heterocycles. The first kappa shape index (κ1) is 13.6. The van der Waals surface area contributed by atoms with Crippen LogP contribution in [0.25, 0.3) is 0 Å². The molecule has 0 spiro atoms. The van der Waals surface area contributed by atoms with Crippen LogP contribution in [0.3, 0.4) is 0 Å². The molecule has 1 aliphatic rings. The number of carboxylic acid groups (broad SMARTS) is 1. The summed E-state index contributed by atoms with van der Waals surface area (Å²) in [6.45, 7) is 3.58. The van der Waals surface area contributed by atoms with Crippen LogP contribution in [0.2, 0.25) is 0 Å². The Kier molecular flexibility index (Phi) is 4.17. The lowest BCUT2D eigenvalue weighted by molar-refractivity contribution is -0.231. The highest BCUT2D eigenvalue weighted by Crippen LogP contribution is 2.21. The number of carboxylic acids is 1. The van der Waals surface area contributed by atoms with Gasteiger partial charge in [-0.1, -0.05) is 13.8 Å². The van der Waals surface area contributed by atoms with Gasteiger partial charge in [0.15, 0.2) is 6.04 Å². The van der Waals surface area contributed by atoms with Crippen molar-refractivity contribution in [1.29, 1.82) is 0 Å². The molecule has 0 bridgehead atoms. The Labute approximate surface area is 98.9 Å². The molecule has 0 aromatic rings. The van der Waals surface area contributed by atoms with Gasteiger partial charge in [0.1, 0.15) is 6.04 Å². The number of carbonyl (C=O) groups is 2. The van der Waals surface area contributed by atoms with Gasteiger partial charge in [-0.3, -0.25) is 4.79 Å². The molecule has 1 aliphatic heterocycles. The minimum absolute atomic E-state index is 0.0224. The molecule has 1 saturated heterocycles. The van der Waals surface area contributed by atoms with E-state index in [1.807, 2.05) is 0 Å². The third kappa shape index (κ3) is 2.79. The largest absolute Gasteiger partial charge is 0.480 e. The Morgan fingerprint density at radius 3 is 2.47 bits per heavy atom. The topological polar surface area (TPSA) is 116 Å². The molecule has 96 valence electrons. The van der Waals surface area contributed by atoms with E-state index in [2.05, 4.69) is 5.11 Å². The van der Waals surface area contributed by atoms with Crippen molar-refractivity contribution in [2.75, 3.05) is 6.54 Å². The number of likely N-dealkylation sites (tertiary alicyclic amines) is 1. The van der Waals surface area contributed by atoms with Crippen LogP contribution < -0.4 is 5.53 Å². The quantitative estimate of drug-likeness (QED) is 0.509. The van der Waals surface area contributed by atoms with Gasteiger partial charge in [-0.25, -0.2) is 4.79 Å². The zero-order valence-corrected chi connectivity index (χ0v) is 9.91. The predicted molar refractivity (Wildman–Crippen MR) is 56.7 cm³/mol. The summed E-state index contributed by atoms with van der Waals surface area (Å²) in [7, 11) is 0. The third-order valence-electron chi connectivity index (χ3n) is 2.89. The standard InChI is InChI=1S/C10H17N3O4/c1-5(2)8(12-11)9(15)13-4-6(14)3-7(13)10(16)17/h5-8,11,14H,3-4H2,1-2H3,(H,16,17)/p+1/t6-,7+,8+/m1/s1. The number of aliphatic hydroxyl groups excluding tert-OH is 1. The van der Waals surface area contributed by atoms with E-state index in [1.165, 1.54) is 0 Å². The van der Waals surface area contributed by atoms with Crippen molar-refractivity contribution in [2.24, 2.45) is 11.0 Å². The minimum atomic E-state index is -1.12. The molecule has 0 aromatic carbocycles. The molecular formula is C10H18N3O4+. The smallest absolute Gasteiger partial charge is 0.326 e. The number of rotatable bonds is 4. The number of carbonyl (C=O) groups excluding carboxylic acids is 1. The highest BCUT2D eigenvalue weighted by molar-refractivity contribution is 5.87. The van der Waals surface area contributed by atoms with Crippen LogP contribution >= 0.6 is 0 Å². The van der Waals surface area contributed by atoms with Crippen molar-refractivity contribution in [3.8, 4) is 0 Å². The van der Waals surface area contributed by atoms with Crippen LogP contribution in [-0.4, -0.2) is 51.7 Å². The third-order valence-corrected chi connectivity index (χ3v) is 2.89. The Morgan fingerprint density at radius 2 is 2.06 bits per heavy atom. The number of aliphatic carboxylic acids is 1. The van der Waals surface area contributed by atoms with Crippen LogP contribution in [0.1, 0.15) is 20.3 Å². The van der Waals surface area contributed by atoms with E-state index in [4.69, 9.17) is 10.6 Å². The van der Waals surface area contributed by atoms with E-state index in [1.54, 1.807) is 13.8 Å². The lowest BCUT2D eigenvalue weighted by Crippen LogP contribution is -2.48. The molecule has 7 heteroatoms. The van der Waals surface area contributed by atoms with Gasteiger partial charge in [-0.2, -0.15) is 5.53 Å². The number of nitrogens with two attached hydrogens (primary N) is 1. The molecule has 1 rings (SSSR count). The SMILES string of the molecule is CC(C)[C@H](N=[NH2+])C(=O)N1C[C@H](O)C[C@H]1C(=O)O. The Morgan fingerprint density at radius 1 is 1.47 bits per heavy atom. The zero-order valence-electron chi connectivity index (χ0n) is 9.91. The van der Waals surface area contributed by atoms with Crippen LogP contribution in [0.4, 0.5) is 0 Å². The molecule has 0 saturated carbocycles. The second-order valence-electron chi connectivity index (χ2n) is 4.57. The highest BCUT2D eigenvalue weighted by Gasteiger charge is 2.42. The van der Waals surface area contributed by atoms with Crippen molar-refractivity contribution in [3.63, 3.8) is 0 Å². The fourth-order valence-corrected chi connectivity index (χ4v) is 1.98. The van der Waals surface area contributed by atoms with Crippen molar-refractivity contribution in [2.45, 2.75) is 38.5 Å². The summed E-state index contributed by atoms with van der Waals surface area (Å²) in [5, 5.41) is 21.9. The van der Waals surface area contributed by atoms with Crippen LogP contribution in [0.15, 0.2) is 5.11 Å². The number of hydrogen-bond acceptors (Lipinski definition) is 4. The van der Waals surface area contributed by atoms with Gasteiger partial charge < -0.3 is 15.1 Å². The summed E-state index contributed by atoms with van der Waals surface area (Å²) < 4.78 is 0. The molecule has 3 atom stereocenters. The number of hydrogen-bond donors (Lipinski definition) is 3. The number of aliphatic hydroxyl groups is 1. The van der Waals surface area contributed by atoms with Gasteiger partial charge in [0.05, 0.1) is 6.10 Å². The first-order valence-corrected chi connectivity index (χ1v) is 5.49. The molecular weight excluding hydrogens is 226 g/mol. The van der Waals surface area contributed by atoms with E-state index in [0.717, 1.165) is 4.90 Å². The number of β-amino-alcohol motifs (C(OH)–C–C–N with tert-alkyl or cyclic N) is 1. The summed E-state index contributed by atoms with van der Waals surface area (Å²) in [6, 6.07) is -1.75. The van der Waals surface area contributed by atoms with Gasteiger partial charge in [-0.15, -0.1) is 0 Å². The number of amides is 1. The summed E-state index contributed by atoms with van der Waals surface area (Å²) in [6.07, 6.45) is -0.748. The maximum Gasteiger partial charge on any atom is 0.326 e. The monoisotopic (exact) mass is 244 g/mol. The van der Waals surface area contributed by atoms with Gasteiger partial charge in [0, 0.05) is 13.0 Å². The zero-order chi connectivity index (χ0) is 13.2. The summed E-state index contributed by atoms with van der Waals surface area (Å²) in [4.78, 5) is 24.2. The molecule has 17 heavy (non-hydrogen) atoms. The average Bonchev–Trinajstić information content (AvgIpc) is 2.60. The first-order chi connectivity index (χ1) is 7.88. The normalized spacial score (nSPS) is 26.0. The van der Waals surface area contributed by atoms with Crippen molar-refractivity contribution < 1.29 is 25.3 Å². The molecule has 0 radical (unpaired) electrons. The van der Waals surface area contributed by atoms with Crippen molar-refractivity contribution >= 4 is 11.9 Å². The number of nitrogens with zero attached hydrogens (tertiary/aromatic N) is 2. The molecule has 0 unspecified atom stereocenters. The van der Waals surface area contributed by atoms with Crippen molar-refractivity contribution in [1.82, 2.24) is 4.90 Å². The summed E-state index contributed by atoms with van der Waals surface area (Å²) in [5.74, 6) is -1.67. The van der Waals surface area contributed by atoms with E-state index in [0.29, 0.717) is 0 Å². The van der Waals surface area contributed by atoms with E-state index in [9.17, 15) is 14.7 Å². The van der Waals surface area contributed by atoms with E-state index < -0.39 is 30.1 Å². The van der Waals surface area contributed by atoms with E-state index in [-0.39, 0.29) is 18.9 Å². The lowest BCUT2D eigenvalue weighted by atomic mass is 10.0. The first-order valence-electron chi connectivity index (χ1n) is 5.49. The van der Waals surface area contributed by atoms with E-state index >= 15 is 0 Å². The molecule has 1 fully saturated rings. The molecule has 1 amide bonds. The molecule has 0 aliphatic carbocycles. The second kappa shape index (κ2) is 5.22. The average molecular weight is 244 g/mol. The van der Waals surface area contributed by atoms with Crippen LogP contribution in [0.5, 0.6) is 0 Å². The van der Waals surface area contributed by atoms with Gasteiger partial charge >= 0.3 is 5.97 Å². The van der Waals surface area contributed by atoms with Gasteiger partial charge in [0.25, 0.3) is 5.91 Å². The van der Waals surface area contributed by atoms with Crippen LogP contribution in [0, 0.1) is 5.92 Å². The Hall–Kier alpha value is -1.50. The fourth-order valence-electron chi connectivity index (χ4n) is 1.98. The molecule has 0 aromatic heterocycles. The molecule has 7 nitrogen and oxygen atoms in total. The lowest BCUT2D eigenvalue weighted by Gasteiger charge is -2.24. The Bertz CT molecular complexity index is 332. The van der Waals surface area contributed by atoms with Gasteiger partial charge in [0.2, 0.25) is 0 Å². The fraction of sp³-hybridized carbons (Fsp3) is 0.800. The molecule has 4 N–H and O–H groups in total. The van der Waals surface area contributed by atoms with Crippen molar-refractivity contribution in [3.05, 3.63) is 0 Å². The maximum absolute atomic E-state index is 12.1. The highest BCUT2D eigenvalue weighted by atomic mass is 16.4.